The summed E-state index contributed by atoms with van der Waals surface area (Å²) in [7, 11) is 0. The second kappa shape index (κ2) is 4.86. The van der Waals surface area contributed by atoms with E-state index >= 15 is 0 Å². The average molecular weight is 165 g/mol. The van der Waals surface area contributed by atoms with Gasteiger partial charge in [0.1, 0.15) is 12.7 Å². The maximum atomic E-state index is 10.0. The molecule has 1 aromatic heterocycles. The van der Waals surface area contributed by atoms with Gasteiger partial charge in [-0.25, -0.2) is 19.7 Å². The maximum Gasteiger partial charge on any atom is 1.00 e. The molecule has 0 unspecified atom stereocenters. The van der Waals surface area contributed by atoms with Crippen LogP contribution in [0.15, 0.2) is 12.7 Å². The van der Waals surface area contributed by atoms with Gasteiger partial charge in [0.2, 0.25) is 5.82 Å². The second-order valence-electron chi connectivity index (χ2n) is 1.27. The third-order valence-corrected chi connectivity index (χ3v) is 0.685. The molecule has 5 nitrogen and oxygen atoms in total. The van der Waals surface area contributed by atoms with Crippen LogP contribution in [-0.4, -0.2) is 26.0 Å². The molecule has 0 aliphatic heterocycles. The Morgan fingerprint density at radius 3 is 2.30 bits per heavy atom. The Balaban J connectivity index is 0. The fourth-order valence-electron chi connectivity index (χ4n) is 0.350. The van der Waals surface area contributed by atoms with Crippen LogP contribution < -0.4 is 51.4 Å². The largest absolute Gasteiger partial charge is 1.00 e. The minimum absolute atomic E-state index is 0. The fourth-order valence-corrected chi connectivity index (χ4v) is 0.350. The summed E-state index contributed by atoms with van der Waals surface area (Å²) < 4.78 is 0. The molecule has 0 aromatic carbocycles. The fraction of sp³-hybridized carbons (Fsp3) is 0. The number of carbonyl (C=O) groups is 1. The van der Waals surface area contributed by atoms with Crippen molar-refractivity contribution in [3.8, 4) is 0 Å². The zero-order valence-electron chi connectivity index (χ0n) is 6.35. The van der Waals surface area contributed by atoms with Crippen LogP contribution in [0.4, 0.5) is 0 Å². The summed E-state index contributed by atoms with van der Waals surface area (Å²) in [4.78, 5) is 20.2. The summed E-state index contributed by atoms with van der Waals surface area (Å²) in [5.74, 6) is -1.37. The van der Waals surface area contributed by atoms with Crippen molar-refractivity contribution in [3.63, 3.8) is 0 Å². The van der Waals surface area contributed by atoms with E-state index in [9.17, 15) is 4.79 Å². The number of carboxylic acids is 1. The Morgan fingerprint density at radius 2 is 2.00 bits per heavy atom. The summed E-state index contributed by atoms with van der Waals surface area (Å²) in [6.45, 7) is 0. The molecule has 0 aliphatic rings. The van der Waals surface area contributed by atoms with Gasteiger partial charge in [-0.3, -0.25) is 0 Å². The molecular formula is C4H4KN3O2. The van der Waals surface area contributed by atoms with E-state index in [0.29, 0.717) is 0 Å². The van der Waals surface area contributed by atoms with E-state index in [1.54, 1.807) is 0 Å². The number of aromatic carboxylic acids is 1. The zero-order chi connectivity index (χ0) is 6.69. The third kappa shape index (κ3) is 2.80. The number of carboxylic acid groups (broad SMARTS) is 1. The standard InChI is InChI=1S/C4H3N3O2.K.H/c8-4(9)3-6-1-5-2-7-3;;/h1-2H,(H,8,9);;/q;+1;-1. The van der Waals surface area contributed by atoms with Crippen LogP contribution in [0, 0.1) is 0 Å². The van der Waals surface area contributed by atoms with Crippen molar-refractivity contribution in [3.05, 3.63) is 18.5 Å². The minimum atomic E-state index is -1.14. The van der Waals surface area contributed by atoms with Crippen LogP contribution >= 0.6 is 0 Å². The van der Waals surface area contributed by atoms with Crippen molar-refractivity contribution < 1.29 is 62.7 Å². The molecule has 1 aromatic rings. The van der Waals surface area contributed by atoms with Crippen molar-refractivity contribution in [2.45, 2.75) is 0 Å². The Hall–Kier alpha value is 0.116. The normalized spacial score (nSPS) is 8.00. The van der Waals surface area contributed by atoms with E-state index < -0.39 is 5.97 Å². The van der Waals surface area contributed by atoms with Gasteiger partial charge in [0.05, 0.1) is 0 Å². The molecule has 0 aliphatic carbocycles. The summed E-state index contributed by atoms with van der Waals surface area (Å²) >= 11 is 0. The van der Waals surface area contributed by atoms with Crippen LogP contribution in [0.2, 0.25) is 0 Å². The van der Waals surface area contributed by atoms with Crippen molar-refractivity contribution in [1.82, 2.24) is 15.0 Å². The van der Waals surface area contributed by atoms with E-state index in [2.05, 4.69) is 15.0 Å². The first-order chi connectivity index (χ1) is 4.30. The van der Waals surface area contributed by atoms with Crippen LogP contribution in [-0.2, 0) is 0 Å². The number of aromatic nitrogens is 3. The van der Waals surface area contributed by atoms with Gasteiger partial charge in [-0.15, -0.1) is 0 Å². The van der Waals surface area contributed by atoms with E-state index in [-0.39, 0.29) is 58.6 Å². The SMILES string of the molecule is O=C(O)c1ncncn1.[H-].[K+]. The molecule has 0 saturated heterocycles. The van der Waals surface area contributed by atoms with Gasteiger partial charge in [0.15, 0.2) is 0 Å². The smallest absolute Gasteiger partial charge is 1.00 e. The van der Waals surface area contributed by atoms with Gasteiger partial charge < -0.3 is 6.53 Å². The van der Waals surface area contributed by atoms with E-state index in [0.717, 1.165) is 12.7 Å². The summed E-state index contributed by atoms with van der Waals surface area (Å²) in [5, 5.41) is 8.23. The second-order valence-corrected chi connectivity index (χ2v) is 1.27. The van der Waals surface area contributed by atoms with Gasteiger partial charge >= 0.3 is 57.4 Å². The molecule has 0 fully saturated rings. The Labute approximate surface area is 101 Å². The van der Waals surface area contributed by atoms with Crippen molar-refractivity contribution in [1.29, 1.82) is 0 Å². The van der Waals surface area contributed by atoms with E-state index in [4.69, 9.17) is 5.11 Å². The summed E-state index contributed by atoms with van der Waals surface area (Å²) in [6.07, 6.45) is 2.27. The van der Waals surface area contributed by atoms with Crippen LogP contribution in [0.25, 0.3) is 0 Å². The van der Waals surface area contributed by atoms with Crippen molar-refractivity contribution in [2.75, 3.05) is 0 Å². The van der Waals surface area contributed by atoms with E-state index in [1.807, 2.05) is 0 Å². The third-order valence-electron chi connectivity index (χ3n) is 0.685. The first-order valence-electron chi connectivity index (χ1n) is 2.16. The predicted molar refractivity (Wildman–Crippen MR) is 27.9 cm³/mol. The van der Waals surface area contributed by atoms with Crippen molar-refractivity contribution in [2.24, 2.45) is 0 Å². The molecule has 1 rings (SSSR count). The van der Waals surface area contributed by atoms with Gasteiger partial charge in [-0.2, -0.15) is 0 Å². The molecule has 10 heavy (non-hydrogen) atoms. The summed E-state index contributed by atoms with van der Waals surface area (Å²) in [6, 6.07) is 0. The van der Waals surface area contributed by atoms with Gasteiger partial charge in [-0.1, -0.05) is 0 Å². The first kappa shape index (κ1) is 10.1. The topological polar surface area (TPSA) is 76.0 Å². The summed E-state index contributed by atoms with van der Waals surface area (Å²) in [5.41, 5.74) is 0. The zero-order valence-corrected chi connectivity index (χ0v) is 8.47. The molecule has 0 saturated carbocycles. The van der Waals surface area contributed by atoms with Gasteiger partial charge in [0, 0.05) is 0 Å². The molecule has 0 radical (unpaired) electrons. The number of hydrogen-bond acceptors (Lipinski definition) is 4. The Bertz CT molecular complexity index is 220. The Morgan fingerprint density at radius 1 is 1.50 bits per heavy atom. The molecule has 48 valence electrons. The van der Waals surface area contributed by atoms with Crippen LogP contribution in [0.1, 0.15) is 12.0 Å². The molecule has 1 N–H and O–H groups in total. The molecule has 0 bridgehead atoms. The Kier molecular flexibility index (Phi) is 4.92. The first-order valence-corrected chi connectivity index (χ1v) is 2.16. The van der Waals surface area contributed by atoms with Gasteiger partial charge in [0.25, 0.3) is 0 Å². The van der Waals surface area contributed by atoms with Crippen LogP contribution in [0.5, 0.6) is 0 Å². The molecular weight excluding hydrogens is 161 g/mol. The molecule has 0 atom stereocenters. The van der Waals surface area contributed by atoms with Gasteiger partial charge in [-0.05, 0) is 0 Å². The monoisotopic (exact) mass is 165 g/mol. The minimum Gasteiger partial charge on any atom is -1.00 e. The predicted octanol–water partition coefficient (Wildman–Crippen LogP) is -3.31. The van der Waals surface area contributed by atoms with E-state index in [1.165, 1.54) is 0 Å². The molecule has 0 spiro atoms. The number of nitrogens with zero attached hydrogens (tertiary/aromatic N) is 3. The average Bonchev–Trinajstić information content (AvgIpc) is 1.90. The molecule has 6 heteroatoms. The maximum absolute atomic E-state index is 10.0. The number of hydrogen-bond donors (Lipinski definition) is 1. The molecule has 1 heterocycles. The van der Waals surface area contributed by atoms with Crippen molar-refractivity contribution >= 4 is 5.97 Å². The molecule has 0 amide bonds. The number of rotatable bonds is 1. The quantitative estimate of drug-likeness (QED) is 0.441. The van der Waals surface area contributed by atoms with Crippen LogP contribution in [0.3, 0.4) is 0 Å².